The minimum atomic E-state index is -0.527. The van der Waals surface area contributed by atoms with E-state index in [9.17, 15) is 9.18 Å². The molecule has 27 heavy (non-hydrogen) atoms. The highest BCUT2D eigenvalue weighted by Gasteiger charge is 2.25. The van der Waals surface area contributed by atoms with Crippen molar-refractivity contribution in [1.82, 2.24) is 4.98 Å². The topological polar surface area (TPSA) is 66.5 Å². The molecule has 1 aromatic heterocycles. The van der Waals surface area contributed by atoms with Gasteiger partial charge in [-0.3, -0.25) is 9.79 Å². The van der Waals surface area contributed by atoms with Gasteiger partial charge < -0.3 is 15.0 Å². The maximum atomic E-state index is 14.8. The molecule has 1 aliphatic heterocycles. The van der Waals surface area contributed by atoms with Gasteiger partial charge in [-0.25, -0.2) is 4.39 Å². The van der Waals surface area contributed by atoms with Gasteiger partial charge in [0.15, 0.2) is 11.6 Å². The largest absolute Gasteiger partial charge is 0.494 e. The number of methoxy groups -OCH3 is 1. The third-order valence-electron chi connectivity index (χ3n) is 4.08. The molecule has 0 fully saturated rings. The first-order valence-corrected chi connectivity index (χ1v) is 8.95. The number of fused-ring (bicyclic) bond motifs is 3. The molecule has 1 amide bonds. The Morgan fingerprint density at radius 3 is 2.74 bits per heavy atom. The van der Waals surface area contributed by atoms with Crippen molar-refractivity contribution in [3.63, 3.8) is 0 Å². The van der Waals surface area contributed by atoms with E-state index in [0.717, 1.165) is 10.9 Å². The predicted molar refractivity (Wildman–Crippen MR) is 107 cm³/mol. The van der Waals surface area contributed by atoms with Gasteiger partial charge in [0, 0.05) is 21.5 Å². The van der Waals surface area contributed by atoms with Crippen molar-refractivity contribution in [2.45, 2.75) is 13.8 Å². The maximum Gasteiger partial charge on any atom is 0.246 e. The normalized spacial score (nSPS) is 13.1. The highest BCUT2D eigenvalue weighted by atomic mass is 35.5. The smallest absolute Gasteiger partial charge is 0.246 e. The lowest BCUT2D eigenvalue weighted by Crippen LogP contribution is -2.13. The number of aromatic amines is 1. The van der Waals surface area contributed by atoms with Gasteiger partial charge in [0.25, 0.3) is 0 Å². The molecule has 0 atom stereocenters. The number of H-pyrrole nitrogens is 1. The van der Waals surface area contributed by atoms with E-state index in [1.54, 1.807) is 30.3 Å². The van der Waals surface area contributed by atoms with E-state index in [0.29, 0.717) is 22.1 Å². The number of hydrogen-bond acceptors (Lipinski definition) is 3. The SMILES string of the molecule is CC.COc1cccc(C2=NCC(=O)Nc3c2[nH]c2ccc(Cl)cc32)c1F. The number of amides is 1. The first kappa shape index (κ1) is 18.9. The molecule has 0 spiro atoms. The average molecular weight is 388 g/mol. The highest BCUT2D eigenvalue weighted by Crippen LogP contribution is 2.34. The van der Waals surface area contributed by atoms with Gasteiger partial charge in [0.1, 0.15) is 6.54 Å². The zero-order valence-corrected chi connectivity index (χ0v) is 15.9. The number of rotatable bonds is 2. The number of aromatic nitrogens is 1. The van der Waals surface area contributed by atoms with E-state index in [2.05, 4.69) is 15.3 Å². The second kappa shape index (κ2) is 7.80. The van der Waals surface area contributed by atoms with Gasteiger partial charge >= 0.3 is 0 Å². The Morgan fingerprint density at radius 1 is 1.22 bits per heavy atom. The van der Waals surface area contributed by atoms with Gasteiger partial charge in [0.2, 0.25) is 5.91 Å². The molecule has 1 aliphatic rings. The lowest BCUT2D eigenvalue weighted by molar-refractivity contribution is -0.114. The molecule has 2 N–H and O–H groups in total. The molecule has 0 saturated heterocycles. The monoisotopic (exact) mass is 387 g/mol. The maximum absolute atomic E-state index is 14.8. The van der Waals surface area contributed by atoms with Crippen LogP contribution in [0, 0.1) is 5.82 Å². The van der Waals surface area contributed by atoms with Crippen LogP contribution in [0.15, 0.2) is 41.4 Å². The van der Waals surface area contributed by atoms with Gasteiger partial charge in [-0.2, -0.15) is 0 Å². The molecule has 0 bridgehead atoms. The first-order valence-electron chi connectivity index (χ1n) is 8.57. The van der Waals surface area contributed by atoms with Crippen LogP contribution in [-0.4, -0.2) is 30.3 Å². The van der Waals surface area contributed by atoms with Crippen molar-refractivity contribution in [2.24, 2.45) is 4.99 Å². The molecule has 0 radical (unpaired) electrons. The fourth-order valence-corrected chi connectivity index (χ4v) is 3.12. The van der Waals surface area contributed by atoms with Crippen LogP contribution in [0.3, 0.4) is 0 Å². The van der Waals surface area contributed by atoms with Crippen LogP contribution in [0.5, 0.6) is 5.75 Å². The second-order valence-electron chi connectivity index (χ2n) is 5.60. The summed E-state index contributed by atoms with van der Waals surface area (Å²) < 4.78 is 19.8. The van der Waals surface area contributed by atoms with E-state index < -0.39 is 5.82 Å². The minimum absolute atomic E-state index is 0.101. The number of carbonyl (C=O) groups excluding carboxylic acids is 1. The van der Waals surface area contributed by atoms with Crippen molar-refractivity contribution in [3.8, 4) is 5.75 Å². The molecule has 0 saturated carbocycles. The molecule has 7 heteroatoms. The molecule has 140 valence electrons. The van der Waals surface area contributed by atoms with Gasteiger partial charge in [-0.1, -0.05) is 31.5 Å². The Kier molecular flexibility index (Phi) is 5.46. The predicted octanol–water partition coefficient (Wildman–Crippen LogP) is 4.78. The number of nitrogens with zero attached hydrogens (tertiary/aromatic N) is 1. The van der Waals surface area contributed by atoms with Crippen LogP contribution < -0.4 is 10.1 Å². The standard InChI is InChI=1S/C18H13ClFN3O2.C2H6/c1-25-13-4-2-3-10(15(13)20)16-18-17(23-14(24)8-21-16)11-7-9(19)5-6-12(11)22-18;1-2/h2-7,22H,8H2,1H3,(H,23,24);1-2H3. The van der Waals surface area contributed by atoms with Crippen molar-refractivity contribution >= 4 is 39.8 Å². The van der Waals surface area contributed by atoms with Gasteiger partial charge in [-0.15, -0.1) is 0 Å². The summed E-state index contributed by atoms with van der Waals surface area (Å²) in [6, 6.07) is 10.1. The Bertz CT molecular complexity index is 1040. The highest BCUT2D eigenvalue weighted by molar-refractivity contribution is 6.32. The third-order valence-corrected chi connectivity index (χ3v) is 4.32. The van der Waals surface area contributed by atoms with E-state index in [1.165, 1.54) is 13.2 Å². The van der Waals surface area contributed by atoms with Crippen molar-refractivity contribution in [1.29, 1.82) is 0 Å². The molecule has 3 aromatic rings. The number of hydrogen-bond donors (Lipinski definition) is 2. The molecular weight excluding hydrogens is 369 g/mol. The van der Waals surface area contributed by atoms with Gasteiger partial charge in [0.05, 0.1) is 24.2 Å². The number of nitrogens with one attached hydrogen (secondary N) is 2. The first-order chi connectivity index (χ1) is 13.1. The number of halogens is 2. The molecular formula is C20H19ClFN3O2. The van der Waals surface area contributed by atoms with Crippen LogP contribution in [0.4, 0.5) is 10.1 Å². The van der Waals surface area contributed by atoms with E-state index in [-0.39, 0.29) is 23.8 Å². The molecule has 0 unspecified atom stereocenters. The zero-order valence-electron chi connectivity index (χ0n) is 15.2. The third kappa shape index (κ3) is 3.40. The van der Waals surface area contributed by atoms with Crippen LogP contribution in [0.25, 0.3) is 10.9 Å². The Hall–Kier alpha value is -2.86. The quantitative estimate of drug-likeness (QED) is 0.664. The van der Waals surface area contributed by atoms with E-state index in [1.807, 2.05) is 13.8 Å². The lowest BCUT2D eigenvalue weighted by Gasteiger charge is -2.09. The molecule has 0 aliphatic carbocycles. The summed E-state index contributed by atoms with van der Waals surface area (Å²) in [6.07, 6.45) is 0. The summed E-state index contributed by atoms with van der Waals surface area (Å²) in [5.41, 5.74) is 2.47. The van der Waals surface area contributed by atoms with Crippen LogP contribution in [0.1, 0.15) is 25.1 Å². The summed E-state index contributed by atoms with van der Waals surface area (Å²) >= 11 is 6.08. The summed E-state index contributed by atoms with van der Waals surface area (Å²) in [6.45, 7) is 3.90. The molecule has 5 nitrogen and oxygen atoms in total. The molecule has 4 rings (SSSR count). The van der Waals surface area contributed by atoms with Crippen LogP contribution >= 0.6 is 11.6 Å². The van der Waals surface area contributed by atoms with Crippen LogP contribution in [0.2, 0.25) is 5.02 Å². The summed E-state index contributed by atoms with van der Waals surface area (Å²) in [7, 11) is 1.40. The number of carbonyl (C=O) groups is 1. The van der Waals surface area contributed by atoms with Crippen molar-refractivity contribution < 1.29 is 13.9 Å². The number of ether oxygens (including phenoxy) is 1. The van der Waals surface area contributed by atoms with Crippen LogP contribution in [-0.2, 0) is 4.79 Å². The Morgan fingerprint density at radius 2 is 2.00 bits per heavy atom. The second-order valence-corrected chi connectivity index (χ2v) is 6.04. The van der Waals surface area contributed by atoms with Gasteiger partial charge in [-0.05, 0) is 30.3 Å². The summed E-state index contributed by atoms with van der Waals surface area (Å²) in [5, 5.41) is 4.11. The van der Waals surface area contributed by atoms with Crippen molar-refractivity contribution in [2.75, 3.05) is 19.0 Å². The minimum Gasteiger partial charge on any atom is -0.494 e. The summed E-state index contributed by atoms with van der Waals surface area (Å²) in [4.78, 5) is 19.6. The number of anilines is 1. The number of aliphatic imine (C=N–C) groups is 1. The molecule has 2 aromatic carbocycles. The van der Waals surface area contributed by atoms with Crippen molar-refractivity contribution in [3.05, 3.63) is 58.5 Å². The van der Waals surface area contributed by atoms with E-state index >= 15 is 0 Å². The average Bonchev–Trinajstić information content (AvgIpc) is 2.93. The molecule has 2 heterocycles. The Balaban J connectivity index is 0.00000102. The lowest BCUT2D eigenvalue weighted by atomic mass is 10.0. The van der Waals surface area contributed by atoms with E-state index in [4.69, 9.17) is 16.3 Å². The summed E-state index contributed by atoms with van der Waals surface area (Å²) in [5.74, 6) is -0.689. The fraction of sp³-hybridized carbons (Fsp3) is 0.200. The number of benzene rings is 2. The Labute approximate surface area is 161 Å². The zero-order chi connectivity index (χ0) is 19.6. The fourth-order valence-electron chi connectivity index (χ4n) is 2.95.